The molecule has 2 amide bonds. The van der Waals surface area contributed by atoms with Gasteiger partial charge in [-0.05, 0) is 68.3 Å². The monoisotopic (exact) mass is 628 g/mol. The number of aliphatic hydroxyl groups is 1. The second kappa shape index (κ2) is 12.6. The van der Waals surface area contributed by atoms with E-state index in [9.17, 15) is 32.3 Å². The van der Waals surface area contributed by atoms with Crippen LogP contribution < -0.4 is 20.5 Å². The summed E-state index contributed by atoms with van der Waals surface area (Å²) in [6.45, 7) is 0.300. The van der Waals surface area contributed by atoms with Gasteiger partial charge in [0.05, 0.1) is 43.1 Å². The predicted octanol–water partition coefficient (Wildman–Crippen LogP) is 4.69. The molecule has 2 heterocycles. The van der Waals surface area contributed by atoms with Gasteiger partial charge in [0.1, 0.15) is 29.3 Å². The number of aromatic nitrogens is 2. The lowest BCUT2D eigenvalue weighted by Crippen LogP contribution is -2.51. The standard InChI is InChI=1S/C31H28F4N4O6/c1-2-43-27-19(15-25(36)40)14-24(39-26(27)17-3-6-20(32)7-4-17)30(42,31(33,34)35)16-38-28(41)18-5-10-22(29-37-11-12-44-29)23(13-18)45-21-8-9-21/h3-7,10-14,21,42H,2,8-9,15-16H2,1H3,(H2,36,40)(H,38,41)/t30-/m0/s1. The Morgan fingerprint density at radius 1 is 1.13 bits per heavy atom. The molecule has 1 saturated carbocycles. The van der Waals surface area contributed by atoms with Gasteiger partial charge in [-0.25, -0.2) is 14.4 Å². The van der Waals surface area contributed by atoms with Gasteiger partial charge < -0.3 is 30.0 Å². The molecule has 4 N–H and O–H groups in total. The number of carbonyl (C=O) groups excluding carboxylic acids is 2. The van der Waals surface area contributed by atoms with Crippen molar-refractivity contribution in [3.63, 3.8) is 0 Å². The summed E-state index contributed by atoms with van der Waals surface area (Å²) in [5, 5.41) is 13.3. The van der Waals surface area contributed by atoms with Crippen LogP contribution in [0.25, 0.3) is 22.7 Å². The molecule has 0 aliphatic heterocycles. The minimum absolute atomic E-state index is 0.0435. The zero-order valence-electron chi connectivity index (χ0n) is 23.9. The third-order valence-corrected chi connectivity index (χ3v) is 6.94. The number of benzene rings is 2. The van der Waals surface area contributed by atoms with E-state index in [1.807, 2.05) is 0 Å². The number of pyridine rings is 1. The minimum Gasteiger partial charge on any atom is -0.491 e. The van der Waals surface area contributed by atoms with Crippen LogP contribution in [0.1, 0.15) is 41.4 Å². The van der Waals surface area contributed by atoms with E-state index in [2.05, 4.69) is 15.3 Å². The number of oxazole rings is 1. The van der Waals surface area contributed by atoms with Crippen molar-refractivity contribution in [2.45, 2.75) is 44.1 Å². The molecule has 1 aliphatic carbocycles. The van der Waals surface area contributed by atoms with Gasteiger partial charge >= 0.3 is 6.18 Å². The first-order valence-corrected chi connectivity index (χ1v) is 13.9. The zero-order valence-corrected chi connectivity index (χ0v) is 23.9. The van der Waals surface area contributed by atoms with Crippen molar-refractivity contribution in [1.82, 2.24) is 15.3 Å². The maximum absolute atomic E-state index is 14.6. The molecular weight excluding hydrogens is 600 g/mol. The molecule has 5 rings (SSSR count). The quantitative estimate of drug-likeness (QED) is 0.191. The first-order chi connectivity index (χ1) is 21.4. The van der Waals surface area contributed by atoms with Crippen molar-refractivity contribution in [2.24, 2.45) is 5.73 Å². The Hall–Kier alpha value is -4.98. The van der Waals surface area contributed by atoms with Gasteiger partial charge in [-0.1, -0.05) is 0 Å². The zero-order chi connectivity index (χ0) is 32.4. The molecule has 0 unspecified atom stereocenters. The number of nitrogens with zero attached hydrogens (tertiary/aromatic N) is 2. The van der Waals surface area contributed by atoms with Gasteiger partial charge in [0.2, 0.25) is 17.4 Å². The molecule has 1 aliphatic rings. The topological polar surface area (TPSA) is 150 Å². The highest BCUT2D eigenvalue weighted by Gasteiger charge is 2.56. The molecular formula is C31H28F4N4O6. The highest BCUT2D eigenvalue weighted by molar-refractivity contribution is 5.95. The van der Waals surface area contributed by atoms with Crippen LogP contribution in [0.2, 0.25) is 0 Å². The Balaban J connectivity index is 1.52. The summed E-state index contributed by atoms with van der Waals surface area (Å²) in [6, 6.07) is 9.71. The second-order valence-corrected chi connectivity index (χ2v) is 10.3. The number of amides is 2. The van der Waals surface area contributed by atoms with Crippen molar-refractivity contribution >= 4 is 11.8 Å². The summed E-state index contributed by atoms with van der Waals surface area (Å²) in [7, 11) is 0. The van der Waals surface area contributed by atoms with E-state index < -0.39 is 48.1 Å². The number of rotatable bonds is 12. The summed E-state index contributed by atoms with van der Waals surface area (Å²) in [5.41, 5.74) is 0.958. The lowest BCUT2D eigenvalue weighted by molar-refractivity contribution is -0.265. The van der Waals surface area contributed by atoms with Crippen LogP contribution in [-0.2, 0) is 16.8 Å². The summed E-state index contributed by atoms with van der Waals surface area (Å²) >= 11 is 0. The molecule has 14 heteroatoms. The van der Waals surface area contributed by atoms with Crippen molar-refractivity contribution in [3.05, 3.63) is 83.6 Å². The van der Waals surface area contributed by atoms with Crippen molar-refractivity contribution in [3.8, 4) is 34.2 Å². The number of nitrogens with two attached hydrogens (primary N) is 1. The Morgan fingerprint density at radius 3 is 2.47 bits per heavy atom. The van der Waals surface area contributed by atoms with Crippen LogP contribution in [-0.4, -0.2) is 52.3 Å². The van der Waals surface area contributed by atoms with Crippen LogP contribution >= 0.6 is 0 Å². The summed E-state index contributed by atoms with van der Waals surface area (Å²) in [4.78, 5) is 33.2. The van der Waals surface area contributed by atoms with Crippen LogP contribution in [0.15, 0.2) is 65.4 Å². The SMILES string of the molecule is CCOc1c(CC(N)=O)cc([C@@](O)(CNC(=O)c2ccc(-c3ncco3)c(OC3CC3)c2)C(F)(F)F)nc1-c1ccc(F)cc1. The molecule has 1 fully saturated rings. The molecule has 4 aromatic rings. The molecule has 0 spiro atoms. The molecule has 236 valence electrons. The fourth-order valence-electron chi connectivity index (χ4n) is 4.53. The van der Waals surface area contributed by atoms with E-state index in [0.717, 1.165) is 31.0 Å². The van der Waals surface area contributed by atoms with E-state index in [1.165, 1.54) is 42.8 Å². The van der Waals surface area contributed by atoms with Crippen LogP contribution in [0, 0.1) is 5.82 Å². The fraction of sp³-hybridized carbons (Fsp3) is 0.290. The summed E-state index contributed by atoms with van der Waals surface area (Å²) in [5.74, 6) is -2.02. The molecule has 2 aromatic carbocycles. The van der Waals surface area contributed by atoms with E-state index in [4.69, 9.17) is 19.6 Å². The van der Waals surface area contributed by atoms with E-state index in [0.29, 0.717) is 5.56 Å². The number of hydrogen-bond acceptors (Lipinski definition) is 8. The van der Waals surface area contributed by atoms with Gasteiger partial charge in [-0.2, -0.15) is 13.2 Å². The number of alkyl halides is 3. The van der Waals surface area contributed by atoms with Crippen molar-refractivity contribution in [2.75, 3.05) is 13.2 Å². The number of halogens is 4. The first kappa shape index (κ1) is 31.4. The Morgan fingerprint density at radius 2 is 1.87 bits per heavy atom. The summed E-state index contributed by atoms with van der Waals surface area (Å²) < 4.78 is 74.4. The highest BCUT2D eigenvalue weighted by Crippen LogP contribution is 2.42. The van der Waals surface area contributed by atoms with Gasteiger partial charge in [0, 0.05) is 16.7 Å². The van der Waals surface area contributed by atoms with E-state index in [1.54, 1.807) is 6.92 Å². The normalized spacial score (nSPS) is 14.4. The summed E-state index contributed by atoms with van der Waals surface area (Å²) in [6.07, 6.45) is -1.61. The molecule has 2 aromatic heterocycles. The lowest BCUT2D eigenvalue weighted by atomic mass is 9.93. The van der Waals surface area contributed by atoms with Gasteiger partial charge in [0.25, 0.3) is 5.91 Å². The Kier molecular flexibility index (Phi) is 8.77. The largest absolute Gasteiger partial charge is 0.491 e. The molecule has 0 saturated heterocycles. The van der Waals surface area contributed by atoms with Gasteiger partial charge in [-0.3, -0.25) is 9.59 Å². The maximum Gasteiger partial charge on any atom is 0.424 e. The van der Waals surface area contributed by atoms with Crippen LogP contribution in [0.4, 0.5) is 17.6 Å². The molecule has 1 atom stereocenters. The van der Waals surface area contributed by atoms with Crippen molar-refractivity contribution in [1.29, 1.82) is 0 Å². The number of hydrogen-bond donors (Lipinski definition) is 3. The minimum atomic E-state index is -5.36. The highest BCUT2D eigenvalue weighted by atomic mass is 19.4. The number of nitrogens with one attached hydrogen (secondary N) is 1. The first-order valence-electron chi connectivity index (χ1n) is 13.9. The average molecular weight is 629 g/mol. The number of ether oxygens (including phenoxy) is 2. The number of carbonyl (C=O) groups is 2. The van der Waals surface area contributed by atoms with Crippen LogP contribution in [0.5, 0.6) is 11.5 Å². The number of primary amides is 1. The maximum atomic E-state index is 14.6. The van der Waals surface area contributed by atoms with E-state index in [-0.39, 0.29) is 52.5 Å². The molecule has 0 bridgehead atoms. The predicted molar refractivity (Wildman–Crippen MR) is 152 cm³/mol. The molecule has 10 nitrogen and oxygen atoms in total. The van der Waals surface area contributed by atoms with Gasteiger partial charge in [0.15, 0.2) is 0 Å². The fourth-order valence-corrected chi connectivity index (χ4v) is 4.53. The van der Waals surface area contributed by atoms with E-state index >= 15 is 0 Å². The Labute approximate surface area is 254 Å². The lowest BCUT2D eigenvalue weighted by Gasteiger charge is -2.31. The average Bonchev–Trinajstić information content (AvgIpc) is 3.64. The Bertz CT molecular complexity index is 1690. The third-order valence-electron chi connectivity index (χ3n) is 6.94. The smallest absolute Gasteiger partial charge is 0.424 e. The van der Waals surface area contributed by atoms with Crippen molar-refractivity contribution < 1.29 is 46.1 Å². The van der Waals surface area contributed by atoms with Crippen LogP contribution in [0.3, 0.4) is 0 Å². The van der Waals surface area contributed by atoms with Gasteiger partial charge in [-0.15, -0.1) is 0 Å². The second-order valence-electron chi connectivity index (χ2n) is 10.3. The third kappa shape index (κ3) is 6.90. The molecule has 45 heavy (non-hydrogen) atoms. The molecule has 0 radical (unpaired) electrons.